The predicted octanol–water partition coefficient (Wildman–Crippen LogP) is 4.08. The van der Waals surface area contributed by atoms with Crippen LogP contribution < -0.4 is 10.2 Å². The molecule has 4 rings (SSSR count). The smallest absolute Gasteiger partial charge is 0.252 e. The number of rotatable bonds is 9. The number of carbonyl (C=O) groups is 1. The Morgan fingerprint density at radius 1 is 1.19 bits per heavy atom. The summed E-state index contributed by atoms with van der Waals surface area (Å²) in [5.41, 5.74) is 1.55. The van der Waals surface area contributed by atoms with Gasteiger partial charge in [-0.15, -0.1) is 11.8 Å². The molecule has 2 aromatic heterocycles. The van der Waals surface area contributed by atoms with Crippen LogP contribution in [-0.2, 0) is 6.54 Å². The molecular weight excluding hydrogens is 428 g/mol. The van der Waals surface area contributed by atoms with Crippen molar-refractivity contribution in [2.75, 3.05) is 36.5 Å². The van der Waals surface area contributed by atoms with Gasteiger partial charge in [0.15, 0.2) is 10.8 Å². The van der Waals surface area contributed by atoms with E-state index in [2.05, 4.69) is 22.2 Å². The van der Waals surface area contributed by atoms with Crippen molar-refractivity contribution in [1.82, 2.24) is 25.1 Å². The van der Waals surface area contributed by atoms with Crippen molar-refractivity contribution in [3.05, 3.63) is 36.0 Å². The second kappa shape index (κ2) is 10.4. The maximum absolute atomic E-state index is 12.6. The highest BCUT2D eigenvalue weighted by atomic mass is 32.2. The van der Waals surface area contributed by atoms with E-state index in [1.165, 1.54) is 12.8 Å². The Bertz CT molecular complexity index is 1050. The second-order valence-corrected chi connectivity index (χ2v) is 9.34. The summed E-state index contributed by atoms with van der Waals surface area (Å²) in [4.78, 5) is 25.6. The van der Waals surface area contributed by atoms with Gasteiger partial charge in [0, 0.05) is 30.3 Å². The Kier molecular flexibility index (Phi) is 7.34. The lowest BCUT2D eigenvalue weighted by Crippen LogP contribution is -2.28. The summed E-state index contributed by atoms with van der Waals surface area (Å²) >= 11 is 3.26. The maximum atomic E-state index is 12.6. The van der Waals surface area contributed by atoms with Gasteiger partial charge in [0.25, 0.3) is 5.91 Å². The van der Waals surface area contributed by atoms with Crippen molar-refractivity contribution < 1.29 is 4.79 Å². The van der Waals surface area contributed by atoms with Crippen molar-refractivity contribution in [2.24, 2.45) is 0 Å². The summed E-state index contributed by atoms with van der Waals surface area (Å²) in [6.45, 7) is 5.26. The fraction of sp³-hybridized carbons (Fsp3) is 0.455. The van der Waals surface area contributed by atoms with Crippen LogP contribution in [0.4, 0.5) is 5.82 Å². The molecule has 0 spiro atoms. The molecule has 1 aromatic carbocycles. The number of carbonyl (C=O) groups excluding carboxylic acids is 1. The average Bonchev–Trinajstić information content (AvgIpc) is 3.47. The summed E-state index contributed by atoms with van der Waals surface area (Å²) in [7, 11) is 0. The molecule has 0 radical (unpaired) electrons. The minimum atomic E-state index is -0.0621. The molecule has 1 amide bonds. The van der Waals surface area contributed by atoms with E-state index >= 15 is 0 Å². The van der Waals surface area contributed by atoms with Crippen LogP contribution in [0.15, 0.2) is 40.5 Å². The molecule has 1 aliphatic rings. The van der Waals surface area contributed by atoms with Gasteiger partial charge in [0.2, 0.25) is 0 Å². The average molecular weight is 457 g/mol. The Morgan fingerprint density at radius 3 is 2.77 bits per heavy atom. The van der Waals surface area contributed by atoms with Gasteiger partial charge < -0.3 is 10.2 Å². The molecule has 1 aliphatic heterocycles. The van der Waals surface area contributed by atoms with Crippen LogP contribution in [0, 0.1) is 0 Å². The first-order valence-electron chi connectivity index (χ1n) is 10.7. The maximum Gasteiger partial charge on any atom is 0.252 e. The number of amides is 1. The van der Waals surface area contributed by atoms with Crippen LogP contribution in [0.25, 0.3) is 11.0 Å². The van der Waals surface area contributed by atoms with E-state index in [0.717, 1.165) is 52.2 Å². The molecule has 0 bridgehead atoms. The quantitative estimate of drug-likeness (QED) is 0.384. The van der Waals surface area contributed by atoms with Crippen LogP contribution in [0.1, 0.15) is 36.5 Å². The van der Waals surface area contributed by atoms with Gasteiger partial charge >= 0.3 is 0 Å². The second-order valence-electron chi connectivity index (χ2n) is 7.43. The van der Waals surface area contributed by atoms with Crippen LogP contribution in [0.5, 0.6) is 0 Å². The first kappa shape index (κ1) is 22.0. The number of hydrogen-bond acceptors (Lipinski definition) is 7. The lowest BCUT2D eigenvalue weighted by molar-refractivity contribution is 0.0949. The third-order valence-electron chi connectivity index (χ3n) is 5.26. The van der Waals surface area contributed by atoms with Crippen molar-refractivity contribution in [3.8, 4) is 0 Å². The number of thioether (sulfide) groups is 2. The standard InChI is InChI=1S/C22H28N6OS2/c1-3-14-31-22-25-19(27-11-6-7-12-27)17-15-24-28(20(17)26-22)13-10-23-21(29)16-8-4-5-9-18(16)30-2/h4-5,8-9,15H,3,6-7,10-14H2,1-2H3,(H,23,29). The number of hydrogen-bond donors (Lipinski definition) is 1. The molecule has 1 N–H and O–H groups in total. The Morgan fingerprint density at radius 2 is 2.00 bits per heavy atom. The topological polar surface area (TPSA) is 75.9 Å². The minimum Gasteiger partial charge on any atom is -0.356 e. The van der Waals surface area contributed by atoms with Gasteiger partial charge in [-0.05, 0) is 37.7 Å². The number of fused-ring (bicyclic) bond motifs is 1. The molecule has 3 heterocycles. The normalized spacial score (nSPS) is 13.8. The van der Waals surface area contributed by atoms with Crippen molar-refractivity contribution >= 4 is 46.3 Å². The number of nitrogens with zero attached hydrogens (tertiary/aromatic N) is 5. The Balaban J connectivity index is 1.52. The van der Waals surface area contributed by atoms with Gasteiger partial charge in [-0.1, -0.05) is 30.8 Å². The highest BCUT2D eigenvalue weighted by Crippen LogP contribution is 2.29. The van der Waals surface area contributed by atoms with Gasteiger partial charge in [-0.25, -0.2) is 14.6 Å². The fourth-order valence-corrected chi connectivity index (χ4v) is 5.00. The summed E-state index contributed by atoms with van der Waals surface area (Å²) in [6, 6.07) is 7.66. The van der Waals surface area contributed by atoms with Crippen LogP contribution >= 0.6 is 23.5 Å². The first-order valence-corrected chi connectivity index (χ1v) is 12.9. The van der Waals surface area contributed by atoms with Crippen LogP contribution in [-0.4, -0.2) is 57.3 Å². The van der Waals surface area contributed by atoms with E-state index in [0.29, 0.717) is 18.7 Å². The van der Waals surface area contributed by atoms with Crippen LogP contribution in [0.3, 0.4) is 0 Å². The molecule has 9 heteroatoms. The van der Waals surface area contributed by atoms with Gasteiger partial charge in [-0.3, -0.25) is 4.79 Å². The molecule has 1 saturated heterocycles. The SMILES string of the molecule is CCCSc1nc(N2CCCC2)c2cnn(CCNC(=O)c3ccccc3SC)c2n1. The molecule has 0 unspecified atom stereocenters. The summed E-state index contributed by atoms with van der Waals surface area (Å²) in [5.74, 6) is 1.92. The lowest BCUT2D eigenvalue weighted by atomic mass is 10.2. The van der Waals surface area contributed by atoms with E-state index in [1.54, 1.807) is 23.5 Å². The number of benzene rings is 1. The molecule has 0 atom stereocenters. The highest BCUT2D eigenvalue weighted by molar-refractivity contribution is 7.99. The fourth-order valence-electron chi connectivity index (χ4n) is 3.72. The molecular formula is C22H28N6OS2. The van der Waals surface area contributed by atoms with Gasteiger partial charge in [0.1, 0.15) is 5.82 Å². The van der Waals surface area contributed by atoms with Gasteiger partial charge in [-0.2, -0.15) is 5.10 Å². The zero-order valence-electron chi connectivity index (χ0n) is 18.0. The van der Waals surface area contributed by atoms with Crippen molar-refractivity contribution in [3.63, 3.8) is 0 Å². The third-order valence-corrected chi connectivity index (χ3v) is 7.11. The van der Waals surface area contributed by atoms with E-state index < -0.39 is 0 Å². The Hall–Kier alpha value is -2.26. The minimum absolute atomic E-state index is 0.0621. The summed E-state index contributed by atoms with van der Waals surface area (Å²) in [6.07, 6.45) is 7.31. The first-order chi connectivity index (χ1) is 15.2. The molecule has 1 fully saturated rings. The summed E-state index contributed by atoms with van der Waals surface area (Å²) < 4.78 is 1.88. The molecule has 31 heavy (non-hydrogen) atoms. The van der Waals surface area contributed by atoms with Crippen molar-refractivity contribution in [2.45, 2.75) is 42.8 Å². The number of nitrogens with one attached hydrogen (secondary N) is 1. The number of anilines is 1. The van der Waals surface area contributed by atoms with Crippen LogP contribution in [0.2, 0.25) is 0 Å². The van der Waals surface area contributed by atoms with E-state index in [-0.39, 0.29) is 5.91 Å². The van der Waals surface area contributed by atoms with E-state index in [4.69, 9.17) is 9.97 Å². The highest BCUT2D eigenvalue weighted by Gasteiger charge is 2.21. The number of aromatic nitrogens is 4. The Labute approximate surface area is 191 Å². The molecule has 164 valence electrons. The molecule has 0 aliphatic carbocycles. The van der Waals surface area contributed by atoms with E-state index in [9.17, 15) is 4.79 Å². The largest absolute Gasteiger partial charge is 0.356 e. The predicted molar refractivity (Wildman–Crippen MR) is 128 cm³/mol. The molecule has 3 aromatic rings. The van der Waals surface area contributed by atoms with Crippen molar-refractivity contribution in [1.29, 1.82) is 0 Å². The van der Waals surface area contributed by atoms with Gasteiger partial charge in [0.05, 0.1) is 23.7 Å². The van der Waals surface area contributed by atoms with E-state index in [1.807, 2.05) is 41.4 Å². The zero-order valence-corrected chi connectivity index (χ0v) is 19.6. The zero-order chi connectivity index (χ0) is 21.6. The third kappa shape index (κ3) is 4.98. The monoisotopic (exact) mass is 456 g/mol. The lowest BCUT2D eigenvalue weighted by Gasteiger charge is -2.18. The summed E-state index contributed by atoms with van der Waals surface area (Å²) in [5, 5.41) is 9.39. The molecule has 0 saturated carbocycles. The molecule has 7 nitrogen and oxygen atoms in total.